The molecule has 1 saturated carbocycles. The third-order valence-corrected chi connectivity index (χ3v) is 6.06. The lowest BCUT2D eigenvalue weighted by Gasteiger charge is -2.56. The molecule has 5 heteroatoms. The minimum Gasteiger partial charge on any atom is -0.384 e. The second kappa shape index (κ2) is 5.70. The third kappa shape index (κ3) is 2.58. The topological polar surface area (TPSA) is 58.2 Å². The van der Waals surface area contributed by atoms with E-state index in [2.05, 4.69) is 24.0 Å². The molecule has 2 aromatic rings. The summed E-state index contributed by atoms with van der Waals surface area (Å²) in [5.41, 5.74) is 3.17. The molecule has 2 fully saturated rings. The lowest BCUT2D eigenvalue weighted by Crippen LogP contribution is -2.55. The first-order valence-corrected chi connectivity index (χ1v) is 8.83. The van der Waals surface area contributed by atoms with Gasteiger partial charge in [-0.25, -0.2) is 0 Å². The number of amides is 1. The Kier molecular flexibility index (Phi) is 3.72. The molecule has 1 aromatic heterocycles. The summed E-state index contributed by atoms with van der Waals surface area (Å²) in [6.45, 7) is 6.98. The predicted octanol–water partition coefficient (Wildman–Crippen LogP) is 3.21. The molecule has 1 saturated heterocycles. The van der Waals surface area contributed by atoms with Crippen LogP contribution >= 0.6 is 0 Å². The van der Waals surface area contributed by atoms with Gasteiger partial charge in [0.15, 0.2) is 0 Å². The number of likely N-dealkylation sites (tertiary alicyclic amines) is 1. The summed E-state index contributed by atoms with van der Waals surface area (Å²) in [6, 6.07) is 9.69. The summed E-state index contributed by atoms with van der Waals surface area (Å²) >= 11 is 0. The van der Waals surface area contributed by atoms with Crippen LogP contribution in [0.5, 0.6) is 0 Å². The monoisotopic (exact) mass is 339 g/mol. The molecule has 0 radical (unpaired) electrons. The van der Waals surface area contributed by atoms with Crippen molar-refractivity contribution >= 4 is 5.91 Å². The van der Waals surface area contributed by atoms with E-state index in [0.29, 0.717) is 5.92 Å². The van der Waals surface area contributed by atoms with E-state index < -0.39 is 0 Å². The quantitative estimate of drug-likeness (QED) is 0.930. The van der Waals surface area contributed by atoms with Crippen LogP contribution in [0.1, 0.15) is 30.6 Å². The Balaban J connectivity index is 1.52. The maximum absolute atomic E-state index is 13.0. The Morgan fingerprint density at radius 3 is 2.68 bits per heavy atom. The second-order valence-electron chi connectivity index (χ2n) is 8.25. The molecule has 5 nitrogen and oxygen atoms in total. The first-order chi connectivity index (χ1) is 12.0. The average Bonchev–Trinajstić information content (AvgIpc) is 3.21. The molecule has 132 valence electrons. The van der Waals surface area contributed by atoms with Crippen molar-refractivity contribution in [2.75, 3.05) is 26.8 Å². The van der Waals surface area contributed by atoms with E-state index in [0.717, 1.165) is 42.9 Å². The highest BCUT2D eigenvalue weighted by atomic mass is 16.5. The fourth-order valence-electron chi connectivity index (χ4n) is 5.15. The SMILES string of the molecule is COC[C@@]12CN(C(=O)c3ccc(-c4ccn[nH]4)cc3)C[C@@H]1C(C)(C)C2. The summed E-state index contributed by atoms with van der Waals surface area (Å²) in [5, 5.41) is 6.92. The molecule has 25 heavy (non-hydrogen) atoms. The number of nitrogens with one attached hydrogen (secondary N) is 1. The molecule has 1 amide bonds. The number of nitrogens with zero attached hydrogens (tertiary/aromatic N) is 2. The van der Waals surface area contributed by atoms with Crippen molar-refractivity contribution in [3.8, 4) is 11.3 Å². The normalized spacial score (nSPS) is 27.0. The largest absolute Gasteiger partial charge is 0.384 e. The lowest BCUT2D eigenvalue weighted by molar-refractivity contribution is -0.107. The van der Waals surface area contributed by atoms with E-state index in [1.54, 1.807) is 13.3 Å². The van der Waals surface area contributed by atoms with Crippen LogP contribution in [0.25, 0.3) is 11.3 Å². The number of carbonyl (C=O) groups is 1. The van der Waals surface area contributed by atoms with Gasteiger partial charge in [-0.3, -0.25) is 9.89 Å². The van der Waals surface area contributed by atoms with E-state index in [1.807, 2.05) is 35.2 Å². The number of ether oxygens (including phenoxy) is 1. The van der Waals surface area contributed by atoms with E-state index in [1.165, 1.54) is 0 Å². The van der Waals surface area contributed by atoms with Crippen molar-refractivity contribution in [2.24, 2.45) is 16.7 Å². The first kappa shape index (κ1) is 16.3. The zero-order valence-electron chi connectivity index (χ0n) is 15.1. The Morgan fingerprint density at radius 1 is 1.32 bits per heavy atom. The van der Waals surface area contributed by atoms with Crippen molar-refractivity contribution in [3.63, 3.8) is 0 Å². The molecule has 4 rings (SSSR count). The highest BCUT2D eigenvalue weighted by Crippen LogP contribution is 2.62. The summed E-state index contributed by atoms with van der Waals surface area (Å²) < 4.78 is 5.49. The molecule has 1 aliphatic carbocycles. The first-order valence-electron chi connectivity index (χ1n) is 8.83. The number of aromatic amines is 1. The van der Waals surface area contributed by atoms with Gasteiger partial charge in [-0.15, -0.1) is 0 Å². The summed E-state index contributed by atoms with van der Waals surface area (Å²) in [4.78, 5) is 15.0. The Hall–Kier alpha value is -2.14. The molecule has 2 atom stereocenters. The maximum atomic E-state index is 13.0. The van der Waals surface area contributed by atoms with E-state index in [9.17, 15) is 4.79 Å². The fraction of sp³-hybridized carbons (Fsp3) is 0.500. The number of hydrogen-bond donors (Lipinski definition) is 1. The zero-order chi connectivity index (χ0) is 17.7. The van der Waals surface area contributed by atoms with Crippen molar-refractivity contribution in [2.45, 2.75) is 20.3 Å². The van der Waals surface area contributed by atoms with Gasteiger partial charge in [0.2, 0.25) is 0 Å². The average molecular weight is 339 g/mol. The Morgan fingerprint density at radius 2 is 2.08 bits per heavy atom. The van der Waals surface area contributed by atoms with Crippen LogP contribution in [-0.2, 0) is 4.74 Å². The van der Waals surface area contributed by atoms with Crippen LogP contribution in [0.3, 0.4) is 0 Å². The standard InChI is InChI=1S/C20H25N3O2/c1-19(2)11-20(13-25-3)12-23(10-17(19)20)18(24)15-6-4-14(5-7-15)16-8-9-21-22-16/h4-9,17H,10-13H2,1-3H3,(H,21,22)/t17-,20-/m1/s1. The molecular formula is C20H25N3O2. The molecule has 1 aliphatic heterocycles. The summed E-state index contributed by atoms with van der Waals surface area (Å²) in [7, 11) is 1.76. The van der Waals surface area contributed by atoms with Gasteiger partial charge in [0, 0.05) is 37.4 Å². The fourth-order valence-corrected chi connectivity index (χ4v) is 5.15. The number of carbonyl (C=O) groups excluding carboxylic acids is 1. The van der Waals surface area contributed by atoms with Crippen molar-refractivity contribution in [1.29, 1.82) is 0 Å². The van der Waals surface area contributed by atoms with Gasteiger partial charge >= 0.3 is 0 Å². The van der Waals surface area contributed by atoms with Crippen LogP contribution in [0, 0.1) is 16.7 Å². The molecule has 2 aliphatic rings. The zero-order valence-corrected chi connectivity index (χ0v) is 15.1. The smallest absolute Gasteiger partial charge is 0.253 e. The van der Waals surface area contributed by atoms with Crippen LogP contribution in [0.2, 0.25) is 0 Å². The number of rotatable bonds is 4. The van der Waals surface area contributed by atoms with Gasteiger partial charge < -0.3 is 9.64 Å². The molecule has 1 aromatic carbocycles. The third-order valence-electron chi connectivity index (χ3n) is 6.06. The van der Waals surface area contributed by atoms with E-state index >= 15 is 0 Å². The van der Waals surface area contributed by atoms with Crippen molar-refractivity contribution < 1.29 is 9.53 Å². The van der Waals surface area contributed by atoms with Gasteiger partial charge in [-0.2, -0.15) is 5.10 Å². The number of aromatic nitrogens is 2. The van der Waals surface area contributed by atoms with Crippen LogP contribution in [0.4, 0.5) is 0 Å². The van der Waals surface area contributed by atoms with Crippen LogP contribution in [0.15, 0.2) is 36.5 Å². The van der Waals surface area contributed by atoms with Gasteiger partial charge in [-0.05, 0) is 41.5 Å². The lowest BCUT2D eigenvalue weighted by atomic mass is 9.48. The summed E-state index contributed by atoms with van der Waals surface area (Å²) in [6.07, 6.45) is 2.85. The Labute approximate surface area is 148 Å². The molecule has 0 bridgehead atoms. The van der Waals surface area contributed by atoms with Gasteiger partial charge in [0.1, 0.15) is 0 Å². The van der Waals surface area contributed by atoms with E-state index in [4.69, 9.17) is 4.74 Å². The number of benzene rings is 1. The minimum atomic E-state index is 0.122. The highest BCUT2D eigenvalue weighted by molar-refractivity contribution is 5.95. The summed E-state index contributed by atoms with van der Waals surface area (Å²) in [5.74, 6) is 0.644. The van der Waals surface area contributed by atoms with E-state index in [-0.39, 0.29) is 16.7 Å². The number of H-pyrrole nitrogens is 1. The Bertz CT molecular complexity index is 767. The van der Waals surface area contributed by atoms with Crippen LogP contribution in [-0.4, -0.2) is 47.8 Å². The minimum absolute atomic E-state index is 0.122. The van der Waals surface area contributed by atoms with Crippen molar-refractivity contribution in [1.82, 2.24) is 15.1 Å². The van der Waals surface area contributed by atoms with Gasteiger partial charge in [0.25, 0.3) is 5.91 Å². The van der Waals surface area contributed by atoms with Crippen LogP contribution < -0.4 is 0 Å². The molecule has 2 heterocycles. The highest BCUT2D eigenvalue weighted by Gasteiger charge is 2.63. The molecule has 0 unspecified atom stereocenters. The predicted molar refractivity (Wildman–Crippen MR) is 96.1 cm³/mol. The van der Waals surface area contributed by atoms with Gasteiger partial charge in [0.05, 0.1) is 12.3 Å². The number of hydrogen-bond acceptors (Lipinski definition) is 3. The van der Waals surface area contributed by atoms with Crippen molar-refractivity contribution in [3.05, 3.63) is 42.1 Å². The molecule has 0 spiro atoms. The number of fused-ring (bicyclic) bond motifs is 1. The number of methoxy groups -OCH3 is 1. The molecule has 1 N–H and O–H groups in total. The molecular weight excluding hydrogens is 314 g/mol. The second-order valence-corrected chi connectivity index (χ2v) is 8.25. The maximum Gasteiger partial charge on any atom is 0.253 e. The van der Waals surface area contributed by atoms with Gasteiger partial charge in [-0.1, -0.05) is 26.0 Å².